The van der Waals surface area contributed by atoms with Gasteiger partial charge < -0.3 is 9.88 Å². The van der Waals surface area contributed by atoms with Crippen molar-refractivity contribution in [3.63, 3.8) is 0 Å². The van der Waals surface area contributed by atoms with Crippen molar-refractivity contribution < 1.29 is 9.18 Å². The molecule has 3 rings (SSSR count). The maximum Gasteiger partial charge on any atom is 0.246 e. The highest BCUT2D eigenvalue weighted by molar-refractivity contribution is 5.88. The maximum atomic E-state index is 13.8. The number of aromatic nitrogens is 1. The molecule has 0 spiro atoms. The molecule has 0 unspecified atom stereocenters. The van der Waals surface area contributed by atoms with Gasteiger partial charge in [0.25, 0.3) is 0 Å². The fourth-order valence-corrected chi connectivity index (χ4v) is 2.75. The average molecular weight is 258 g/mol. The Labute approximate surface area is 110 Å². The van der Waals surface area contributed by atoms with Gasteiger partial charge in [-0.05, 0) is 30.5 Å². The Hall–Kier alpha value is -2.10. The summed E-state index contributed by atoms with van der Waals surface area (Å²) in [7, 11) is 0. The number of nitrogens with one attached hydrogen (secondary N) is 1. The van der Waals surface area contributed by atoms with Gasteiger partial charge >= 0.3 is 0 Å². The van der Waals surface area contributed by atoms with Gasteiger partial charge in [-0.15, -0.1) is 0 Å². The van der Waals surface area contributed by atoms with Crippen LogP contribution in [0.5, 0.6) is 0 Å². The Morgan fingerprint density at radius 1 is 1.47 bits per heavy atom. The number of amides is 1. The van der Waals surface area contributed by atoms with Gasteiger partial charge in [0, 0.05) is 17.6 Å². The number of rotatable bonds is 1. The first-order chi connectivity index (χ1) is 9.20. The number of aryl methyl sites for hydroxylation is 1. The summed E-state index contributed by atoms with van der Waals surface area (Å²) >= 11 is 0. The van der Waals surface area contributed by atoms with E-state index in [1.165, 1.54) is 12.1 Å². The Morgan fingerprint density at radius 3 is 3.11 bits per heavy atom. The number of hydrogen-bond acceptors (Lipinski definition) is 1. The molecular formula is C15H15FN2O. The highest BCUT2D eigenvalue weighted by Gasteiger charge is 2.21. The van der Waals surface area contributed by atoms with Crippen LogP contribution in [0.2, 0.25) is 0 Å². The van der Waals surface area contributed by atoms with Crippen LogP contribution in [0.1, 0.15) is 17.7 Å². The van der Waals surface area contributed by atoms with Gasteiger partial charge in [-0.1, -0.05) is 18.7 Å². The highest BCUT2D eigenvalue weighted by atomic mass is 19.1. The van der Waals surface area contributed by atoms with Crippen LogP contribution >= 0.6 is 0 Å². The molecule has 3 nitrogen and oxygen atoms in total. The van der Waals surface area contributed by atoms with E-state index >= 15 is 0 Å². The molecule has 1 amide bonds. The summed E-state index contributed by atoms with van der Waals surface area (Å²) in [5, 5.41) is 0.933. The van der Waals surface area contributed by atoms with Crippen LogP contribution in [-0.2, 0) is 17.8 Å². The molecule has 4 heteroatoms. The summed E-state index contributed by atoms with van der Waals surface area (Å²) in [4.78, 5) is 16.6. The first kappa shape index (κ1) is 12.0. The number of carbonyl (C=O) groups excluding carboxylic acids is 1. The molecular weight excluding hydrogens is 243 g/mol. The van der Waals surface area contributed by atoms with Crippen LogP contribution in [0.25, 0.3) is 10.9 Å². The molecule has 1 aromatic heterocycles. The number of aromatic amines is 1. The maximum absolute atomic E-state index is 13.8. The molecule has 0 radical (unpaired) electrons. The van der Waals surface area contributed by atoms with E-state index in [1.807, 2.05) is 6.07 Å². The number of benzene rings is 1. The van der Waals surface area contributed by atoms with Gasteiger partial charge in [0.1, 0.15) is 5.82 Å². The topological polar surface area (TPSA) is 36.1 Å². The van der Waals surface area contributed by atoms with E-state index in [9.17, 15) is 9.18 Å². The molecule has 98 valence electrons. The zero-order chi connectivity index (χ0) is 13.4. The molecule has 0 bridgehead atoms. The predicted octanol–water partition coefficient (Wildman–Crippen LogP) is 2.77. The van der Waals surface area contributed by atoms with E-state index in [1.54, 1.807) is 11.0 Å². The lowest BCUT2D eigenvalue weighted by Gasteiger charge is -2.18. The van der Waals surface area contributed by atoms with E-state index < -0.39 is 0 Å². The monoisotopic (exact) mass is 258 g/mol. The predicted molar refractivity (Wildman–Crippen MR) is 72.2 cm³/mol. The third-order valence-electron chi connectivity index (χ3n) is 3.67. The van der Waals surface area contributed by atoms with Crippen LogP contribution < -0.4 is 0 Å². The van der Waals surface area contributed by atoms with E-state index in [-0.39, 0.29) is 11.7 Å². The van der Waals surface area contributed by atoms with Gasteiger partial charge in [0.15, 0.2) is 0 Å². The van der Waals surface area contributed by atoms with Crippen molar-refractivity contribution in [1.82, 2.24) is 9.88 Å². The molecule has 1 N–H and O–H groups in total. The third kappa shape index (κ3) is 1.93. The molecule has 1 aliphatic heterocycles. The number of para-hydroxylation sites is 1. The number of hydrogen-bond donors (Lipinski definition) is 1. The standard InChI is InChI=1S/C15H15FN2O/c1-2-14(19)18-8-4-6-10-11-5-3-7-12(16)15(11)17-13(10)9-18/h2-3,5,7,17H,1,4,6,8-9H2. The first-order valence-corrected chi connectivity index (χ1v) is 6.40. The average Bonchev–Trinajstić information content (AvgIpc) is 2.64. The second-order valence-corrected chi connectivity index (χ2v) is 4.81. The SMILES string of the molecule is C=CC(=O)N1CCCc2c([nH]c3c(F)cccc23)C1. The summed E-state index contributed by atoms with van der Waals surface area (Å²) in [6, 6.07) is 5.10. The fourth-order valence-electron chi connectivity index (χ4n) is 2.75. The van der Waals surface area contributed by atoms with Crippen molar-refractivity contribution in [2.24, 2.45) is 0 Å². The second kappa shape index (κ2) is 4.53. The van der Waals surface area contributed by atoms with Crippen molar-refractivity contribution >= 4 is 16.8 Å². The Bertz CT molecular complexity index is 659. The minimum Gasteiger partial charge on any atom is -0.354 e. The minimum atomic E-state index is -0.243. The second-order valence-electron chi connectivity index (χ2n) is 4.81. The normalized spacial score (nSPS) is 15.1. The van der Waals surface area contributed by atoms with Crippen molar-refractivity contribution in [3.8, 4) is 0 Å². The van der Waals surface area contributed by atoms with Crippen molar-refractivity contribution in [3.05, 3.63) is 47.9 Å². The fraction of sp³-hybridized carbons (Fsp3) is 0.267. The molecule has 1 aliphatic rings. The van der Waals surface area contributed by atoms with E-state index in [4.69, 9.17) is 0 Å². The lowest BCUT2D eigenvalue weighted by atomic mass is 10.1. The molecule has 0 saturated heterocycles. The molecule has 19 heavy (non-hydrogen) atoms. The highest BCUT2D eigenvalue weighted by Crippen LogP contribution is 2.28. The molecule has 0 aliphatic carbocycles. The number of halogens is 1. The number of fused-ring (bicyclic) bond motifs is 3. The van der Waals surface area contributed by atoms with E-state index in [2.05, 4.69) is 11.6 Å². The summed E-state index contributed by atoms with van der Waals surface area (Å²) in [5.74, 6) is -0.320. The zero-order valence-corrected chi connectivity index (χ0v) is 10.6. The van der Waals surface area contributed by atoms with Crippen molar-refractivity contribution in [1.29, 1.82) is 0 Å². The molecule has 0 atom stereocenters. The summed E-state index contributed by atoms with van der Waals surface area (Å²) < 4.78 is 13.8. The number of carbonyl (C=O) groups is 1. The lowest BCUT2D eigenvalue weighted by molar-refractivity contribution is -0.126. The van der Waals surface area contributed by atoms with Gasteiger partial charge in [0.2, 0.25) is 5.91 Å². The largest absolute Gasteiger partial charge is 0.354 e. The first-order valence-electron chi connectivity index (χ1n) is 6.40. The summed E-state index contributed by atoms with van der Waals surface area (Å²) in [6.45, 7) is 4.72. The van der Waals surface area contributed by atoms with Crippen LogP contribution in [0.15, 0.2) is 30.9 Å². The molecule has 2 heterocycles. The van der Waals surface area contributed by atoms with Gasteiger partial charge in [-0.25, -0.2) is 4.39 Å². The van der Waals surface area contributed by atoms with Crippen LogP contribution in [0, 0.1) is 5.82 Å². The van der Waals surface area contributed by atoms with Crippen LogP contribution in [0.4, 0.5) is 4.39 Å². The Kier molecular flexibility index (Phi) is 2.85. The van der Waals surface area contributed by atoms with Gasteiger partial charge in [-0.2, -0.15) is 0 Å². The van der Waals surface area contributed by atoms with Crippen molar-refractivity contribution in [2.75, 3.05) is 6.54 Å². The van der Waals surface area contributed by atoms with Gasteiger partial charge in [-0.3, -0.25) is 4.79 Å². The van der Waals surface area contributed by atoms with Crippen LogP contribution in [-0.4, -0.2) is 22.3 Å². The third-order valence-corrected chi connectivity index (χ3v) is 3.67. The van der Waals surface area contributed by atoms with E-state index in [0.29, 0.717) is 18.6 Å². The Balaban J connectivity index is 2.08. The summed E-state index contributed by atoms with van der Waals surface area (Å²) in [5.41, 5.74) is 2.61. The number of H-pyrrole nitrogens is 1. The molecule has 2 aromatic rings. The Morgan fingerprint density at radius 2 is 2.32 bits per heavy atom. The molecule has 1 aromatic carbocycles. The molecule has 0 fully saturated rings. The number of nitrogens with zero attached hydrogens (tertiary/aromatic N) is 1. The van der Waals surface area contributed by atoms with E-state index in [0.717, 1.165) is 29.5 Å². The zero-order valence-electron chi connectivity index (χ0n) is 10.6. The lowest BCUT2D eigenvalue weighted by Crippen LogP contribution is -2.29. The van der Waals surface area contributed by atoms with Crippen molar-refractivity contribution in [2.45, 2.75) is 19.4 Å². The summed E-state index contributed by atoms with van der Waals surface area (Å²) in [6.07, 6.45) is 3.07. The quantitative estimate of drug-likeness (QED) is 0.784. The van der Waals surface area contributed by atoms with Crippen LogP contribution in [0.3, 0.4) is 0 Å². The molecule has 0 saturated carbocycles. The smallest absolute Gasteiger partial charge is 0.246 e. The minimum absolute atomic E-state index is 0.0769. The van der Waals surface area contributed by atoms with Gasteiger partial charge in [0.05, 0.1) is 12.1 Å².